The highest BCUT2D eigenvalue weighted by Crippen LogP contribution is 2.20. The third-order valence-electron chi connectivity index (χ3n) is 3.32. The van der Waals surface area contributed by atoms with Crippen molar-refractivity contribution in [3.05, 3.63) is 65.0 Å². The van der Waals surface area contributed by atoms with Crippen molar-refractivity contribution in [2.24, 2.45) is 5.16 Å². The van der Waals surface area contributed by atoms with Crippen molar-refractivity contribution in [3.63, 3.8) is 0 Å². The quantitative estimate of drug-likeness (QED) is 0.622. The molecule has 2 aromatic carbocycles. The number of aliphatic carboxylic acids is 1. The molecule has 0 aliphatic rings. The second-order valence-corrected chi connectivity index (χ2v) is 5.20. The molecule has 6 heteroatoms. The van der Waals surface area contributed by atoms with Crippen LogP contribution in [0.2, 0.25) is 0 Å². The number of carbonyl (C=O) groups is 1. The van der Waals surface area contributed by atoms with Crippen molar-refractivity contribution in [1.29, 1.82) is 0 Å². The van der Waals surface area contributed by atoms with Gasteiger partial charge in [-0.1, -0.05) is 23.4 Å². The minimum atomic E-state index is -1.03. The summed E-state index contributed by atoms with van der Waals surface area (Å²) in [6.07, 6.45) is 0. The average Bonchev–Trinajstić information content (AvgIpc) is 2.55. The van der Waals surface area contributed by atoms with Gasteiger partial charge in [-0.25, -0.2) is 9.18 Å². The van der Waals surface area contributed by atoms with Gasteiger partial charge in [0.1, 0.15) is 18.2 Å². The zero-order chi connectivity index (χ0) is 17.5. The van der Waals surface area contributed by atoms with Gasteiger partial charge in [-0.2, -0.15) is 0 Å². The van der Waals surface area contributed by atoms with Crippen LogP contribution in [-0.4, -0.2) is 23.4 Å². The van der Waals surface area contributed by atoms with Crippen molar-refractivity contribution in [2.45, 2.75) is 20.5 Å². The Morgan fingerprint density at radius 2 is 2.00 bits per heavy atom. The van der Waals surface area contributed by atoms with Crippen LogP contribution in [0.5, 0.6) is 5.75 Å². The number of oxime groups is 1. The van der Waals surface area contributed by atoms with Crippen molar-refractivity contribution in [1.82, 2.24) is 0 Å². The molecule has 2 aromatic rings. The Bertz CT molecular complexity index is 758. The van der Waals surface area contributed by atoms with Crippen LogP contribution in [0.1, 0.15) is 23.6 Å². The first-order valence-corrected chi connectivity index (χ1v) is 7.33. The van der Waals surface area contributed by atoms with Gasteiger partial charge in [-0.3, -0.25) is 0 Å². The van der Waals surface area contributed by atoms with Gasteiger partial charge < -0.3 is 14.7 Å². The molecule has 0 amide bonds. The topological polar surface area (TPSA) is 68.1 Å². The largest absolute Gasteiger partial charge is 0.482 e. The number of carboxylic acid groups (broad SMARTS) is 1. The second-order valence-electron chi connectivity index (χ2n) is 5.20. The molecule has 0 radical (unpaired) electrons. The van der Waals surface area contributed by atoms with Crippen LogP contribution >= 0.6 is 0 Å². The van der Waals surface area contributed by atoms with Gasteiger partial charge in [0.05, 0.1) is 5.71 Å². The summed E-state index contributed by atoms with van der Waals surface area (Å²) in [6.45, 7) is 3.24. The Morgan fingerprint density at radius 3 is 2.67 bits per heavy atom. The van der Waals surface area contributed by atoms with Gasteiger partial charge in [0.2, 0.25) is 0 Å². The molecular formula is C18H18FNO4. The average molecular weight is 331 g/mol. The third-order valence-corrected chi connectivity index (χ3v) is 3.32. The summed E-state index contributed by atoms with van der Waals surface area (Å²) in [4.78, 5) is 15.7. The molecule has 126 valence electrons. The first-order valence-electron chi connectivity index (χ1n) is 7.33. The monoisotopic (exact) mass is 331 g/mol. The number of aryl methyl sites for hydroxylation is 1. The van der Waals surface area contributed by atoms with E-state index in [9.17, 15) is 9.18 Å². The number of carboxylic acids is 1. The van der Waals surface area contributed by atoms with E-state index in [-0.39, 0.29) is 19.0 Å². The standard InChI is InChI=1S/C18H18FNO4/c1-12-9-14(7-8-17(12)23-11-18(21)22)13(2)20-24-10-15-5-3-4-6-16(15)19/h3-9H,10-11H2,1-2H3,(H,21,22)/b20-13+. The van der Waals surface area contributed by atoms with Crippen LogP contribution in [0, 0.1) is 12.7 Å². The molecule has 24 heavy (non-hydrogen) atoms. The predicted molar refractivity (Wildman–Crippen MR) is 87.7 cm³/mol. The normalized spacial score (nSPS) is 11.2. The zero-order valence-corrected chi connectivity index (χ0v) is 13.5. The van der Waals surface area contributed by atoms with E-state index >= 15 is 0 Å². The third kappa shape index (κ3) is 4.81. The lowest BCUT2D eigenvalue weighted by Gasteiger charge is -2.09. The highest BCUT2D eigenvalue weighted by atomic mass is 19.1. The molecule has 0 saturated carbocycles. The van der Waals surface area contributed by atoms with E-state index < -0.39 is 5.97 Å². The van der Waals surface area contributed by atoms with Crippen molar-refractivity contribution >= 4 is 11.7 Å². The van der Waals surface area contributed by atoms with Gasteiger partial charge >= 0.3 is 5.97 Å². The van der Waals surface area contributed by atoms with Crippen LogP contribution in [0.25, 0.3) is 0 Å². The Morgan fingerprint density at radius 1 is 1.25 bits per heavy atom. The summed E-state index contributed by atoms with van der Waals surface area (Å²) >= 11 is 0. The summed E-state index contributed by atoms with van der Waals surface area (Å²) in [5, 5.41) is 12.6. The molecule has 0 atom stereocenters. The maximum atomic E-state index is 13.5. The number of hydrogen-bond acceptors (Lipinski definition) is 4. The summed E-state index contributed by atoms with van der Waals surface area (Å²) in [7, 11) is 0. The number of rotatable bonds is 7. The molecule has 5 nitrogen and oxygen atoms in total. The van der Waals surface area contributed by atoms with Gasteiger partial charge in [0.25, 0.3) is 0 Å². The predicted octanol–water partition coefficient (Wildman–Crippen LogP) is 3.54. The van der Waals surface area contributed by atoms with Crippen LogP contribution in [0.15, 0.2) is 47.6 Å². The van der Waals surface area contributed by atoms with E-state index in [4.69, 9.17) is 14.7 Å². The lowest BCUT2D eigenvalue weighted by molar-refractivity contribution is -0.139. The van der Waals surface area contributed by atoms with E-state index in [0.717, 1.165) is 11.1 Å². The summed E-state index contributed by atoms with van der Waals surface area (Å²) in [6, 6.07) is 11.6. The van der Waals surface area contributed by atoms with E-state index in [1.165, 1.54) is 6.07 Å². The van der Waals surface area contributed by atoms with Crippen molar-refractivity contribution in [2.75, 3.05) is 6.61 Å². The number of hydrogen-bond donors (Lipinski definition) is 1. The van der Waals surface area contributed by atoms with Crippen LogP contribution in [0.4, 0.5) is 4.39 Å². The lowest BCUT2D eigenvalue weighted by atomic mass is 10.1. The highest BCUT2D eigenvalue weighted by molar-refractivity contribution is 5.98. The molecule has 0 fully saturated rings. The minimum absolute atomic E-state index is 0.0444. The molecule has 1 N–H and O–H groups in total. The Balaban J connectivity index is 2.01. The fourth-order valence-electron chi connectivity index (χ4n) is 2.04. The Labute approximate surface area is 139 Å². The molecule has 0 unspecified atom stereocenters. The minimum Gasteiger partial charge on any atom is -0.482 e. The van der Waals surface area contributed by atoms with Crippen LogP contribution < -0.4 is 4.74 Å². The molecular weight excluding hydrogens is 313 g/mol. The molecule has 0 aliphatic heterocycles. The van der Waals surface area contributed by atoms with E-state index in [0.29, 0.717) is 17.0 Å². The Kier molecular flexibility index (Phi) is 5.89. The van der Waals surface area contributed by atoms with E-state index in [1.54, 1.807) is 37.3 Å². The lowest BCUT2D eigenvalue weighted by Crippen LogP contribution is -2.10. The van der Waals surface area contributed by atoms with Gasteiger partial charge in [0, 0.05) is 5.56 Å². The highest BCUT2D eigenvalue weighted by Gasteiger charge is 2.06. The zero-order valence-electron chi connectivity index (χ0n) is 13.5. The summed E-state index contributed by atoms with van der Waals surface area (Å²) in [5.41, 5.74) is 2.66. The SMILES string of the molecule is C/C(=N\OCc1ccccc1F)c1ccc(OCC(=O)O)c(C)c1. The molecule has 0 bridgehead atoms. The maximum Gasteiger partial charge on any atom is 0.341 e. The second kappa shape index (κ2) is 8.10. The van der Waals surface area contributed by atoms with Gasteiger partial charge in [-0.15, -0.1) is 0 Å². The number of nitrogens with zero attached hydrogens (tertiary/aromatic N) is 1. The van der Waals surface area contributed by atoms with Crippen molar-refractivity contribution in [3.8, 4) is 5.75 Å². The smallest absolute Gasteiger partial charge is 0.341 e. The van der Waals surface area contributed by atoms with Crippen LogP contribution in [-0.2, 0) is 16.2 Å². The maximum absolute atomic E-state index is 13.5. The van der Waals surface area contributed by atoms with Crippen molar-refractivity contribution < 1.29 is 23.9 Å². The van der Waals surface area contributed by atoms with Gasteiger partial charge in [-0.05, 0) is 49.2 Å². The number of benzene rings is 2. The molecule has 0 aromatic heterocycles. The summed E-state index contributed by atoms with van der Waals surface area (Å²) in [5.74, 6) is -0.861. The molecule has 0 heterocycles. The molecule has 0 spiro atoms. The Hall–Kier alpha value is -2.89. The first-order chi connectivity index (χ1) is 11.5. The van der Waals surface area contributed by atoms with E-state index in [2.05, 4.69) is 5.16 Å². The molecule has 0 saturated heterocycles. The fourth-order valence-corrected chi connectivity index (χ4v) is 2.04. The molecule has 0 aliphatic carbocycles. The fraction of sp³-hybridized carbons (Fsp3) is 0.222. The number of ether oxygens (including phenoxy) is 1. The van der Waals surface area contributed by atoms with E-state index in [1.807, 2.05) is 13.0 Å². The van der Waals surface area contributed by atoms with Crippen LogP contribution in [0.3, 0.4) is 0 Å². The number of halogens is 1. The molecule has 2 rings (SSSR count). The summed E-state index contributed by atoms with van der Waals surface area (Å²) < 4.78 is 18.7. The first kappa shape index (κ1) is 17.5. The van der Waals surface area contributed by atoms with Gasteiger partial charge in [0.15, 0.2) is 6.61 Å².